The summed E-state index contributed by atoms with van der Waals surface area (Å²) in [6.45, 7) is 7.28. The molecule has 19 heavy (non-hydrogen) atoms. The Bertz CT molecular complexity index is 459. The molecule has 1 aromatic carbocycles. The van der Waals surface area contributed by atoms with Crippen molar-refractivity contribution >= 4 is 23.8 Å². The van der Waals surface area contributed by atoms with Crippen LogP contribution in [-0.2, 0) is 24.7 Å². The van der Waals surface area contributed by atoms with E-state index in [4.69, 9.17) is 13.6 Å². The second-order valence-corrected chi connectivity index (χ2v) is 6.00. The van der Waals surface area contributed by atoms with Gasteiger partial charge in [0, 0.05) is 4.47 Å². The molecule has 0 radical (unpaired) electrons. The molecule has 6 heteroatoms. The SMILES string of the molecule is C=CCOP(=O)(OCC=C)OCc1ccccc1Br. The Kier molecular flexibility index (Phi) is 7.28. The predicted octanol–water partition coefficient (Wildman–Crippen LogP) is 4.48. The number of phosphoric ester groups is 1. The summed E-state index contributed by atoms with van der Waals surface area (Å²) in [6.07, 6.45) is 2.96. The predicted molar refractivity (Wildman–Crippen MR) is 78.8 cm³/mol. The zero-order chi connectivity index (χ0) is 14.1. The van der Waals surface area contributed by atoms with E-state index in [-0.39, 0.29) is 19.8 Å². The van der Waals surface area contributed by atoms with Gasteiger partial charge >= 0.3 is 7.82 Å². The summed E-state index contributed by atoms with van der Waals surface area (Å²) >= 11 is 3.39. The maximum atomic E-state index is 12.2. The molecule has 4 nitrogen and oxygen atoms in total. The molecule has 0 spiro atoms. The van der Waals surface area contributed by atoms with Gasteiger partial charge in [0.05, 0.1) is 19.8 Å². The Morgan fingerprint density at radius 1 is 1.11 bits per heavy atom. The van der Waals surface area contributed by atoms with Gasteiger partial charge in [-0.25, -0.2) is 4.57 Å². The first-order chi connectivity index (χ1) is 9.11. The normalized spacial score (nSPS) is 11.2. The highest BCUT2D eigenvalue weighted by atomic mass is 79.9. The van der Waals surface area contributed by atoms with E-state index in [9.17, 15) is 4.57 Å². The summed E-state index contributed by atoms with van der Waals surface area (Å²) in [5.74, 6) is 0. The number of halogens is 1. The van der Waals surface area contributed by atoms with Gasteiger partial charge in [-0.15, -0.1) is 13.2 Å². The second-order valence-electron chi connectivity index (χ2n) is 3.48. The van der Waals surface area contributed by atoms with Crippen LogP contribution >= 0.6 is 23.8 Å². The van der Waals surface area contributed by atoms with Crippen LogP contribution < -0.4 is 0 Å². The van der Waals surface area contributed by atoms with E-state index in [1.54, 1.807) is 0 Å². The van der Waals surface area contributed by atoms with Crippen molar-refractivity contribution in [2.45, 2.75) is 6.61 Å². The van der Waals surface area contributed by atoms with Crippen LogP contribution in [0.1, 0.15) is 5.56 Å². The minimum Gasteiger partial charge on any atom is -0.283 e. The van der Waals surface area contributed by atoms with E-state index < -0.39 is 7.82 Å². The molecule has 0 unspecified atom stereocenters. The molecular formula is C13H16BrO4P. The minimum atomic E-state index is -3.60. The maximum absolute atomic E-state index is 12.2. The molecule has 0 atom stereocenters. The van der Waals surface area contributed by atoms with E-state index in [0.29, 0.717) is 0 Å². The van der Waals surface area contributed by atoms with E-state index in [1.165, 1.54) is 12.2 Å². The van der Waals surface area contributed by atoms with Gasteiger partial charge in [-0.2, -0.15) is 0 Å². The lowest BCUT2D eigenvalue weighted by Gasteiger charge is -2.16. The number of phosphoric acid groups is 1. The van der Waals surface area contributed by atoms with Gasteiger partial charge in [-0.3, -0.25) is 13.6 Å². The maximum Gasteiger partial charge on any atom is 0.475 e. The van der Waals surface area contributed by atoms with Crippen molar-refractivity contribution in [3.8, 4) is 0 Å². The number of hydrogen-bond donors (Lipinski definition) is 0. The molecule has 1 rings (SSSR count). The molecule has 0 amide bonds. The van der Waals surface area contributed by atoms with Crippen molar-refractivity contribution in [3.63, 3.8) is 0 Å². The lowest BCUT2D eigenvalue weighted by atomic mass is 10.2. The molecule has 1 aromatic rings. The van der Waals surface area contributed by atoms with Gasteiger partial charge in [0.25, 0.3) is 0 Å². The Morgan fingerprint density at radius 3 is 2.21 bits per heavy atom. The van der Waals surface area contributed by atoms with Crippen LogP contribution in [0.25, 0.3) is 0 Å². The van der Waals surface area contributed by atoms with E-state index in [2.05, 4.69) is 29.1 Å². The molecule has 0 aliphatic carbocycles. The fraction of sp³-hybridized carbons (Fsp3) is 0.231. The highest BCUT2D eigenvalue weighted by Gasteiger charge is 2.26. The third-order valence-electron chi connectivity index (χ3n) is 2.04. The topological polar surface area (TPSA) is 44.8 Å². The highest BCUT2D eigenvalue weighted by Crippen LogP contribution is 2.50. The zero-order valence-corrected chi connectivity index (χ0v) is 12.9. The summed E-state index contributed by atoms with van der Waals surface area (Å²) < 4.78 is 28.5. The third kappa shape index (κ3) is 5.85. The molecule has 0 saturated carbocycles. The van der Waals surface area contributed by atoms with E-state index >= 15 is 0 Å². The standard InChI is InChI=1S/C13H16BrO4P/c1-3-9-16-19(15,17-10-4-2)18-11-12-7-5-6-8-13(12)14/h3-8H,1-2,9-11H2. The van der Waals surface area contributed by atoms with Gasteiger partial charge < -0.3 is 0 Å². The number of hydrogen-bond acceptors (Lipinski definition) is 4. The van der Waals surface area contributed by atoms with Crippen molar-refractivity contribution in [2.24, 2.45) is 0 Å². The fourth-order valence-corrected chi connectivity index (χ4v) is 2.66. The first-order valence-electron chi connectivity index (χ1n) is 5.60. The van der Waals surface area contributed by atoms with E-state index in [1.807, 2.05) is 24.3 Å². The quantitative estimate of drug-likeness (QED) is 0.488. The van der Waals surface area contributed by atoms with Crippen molar-refractivity contribution in [2.75, 3.05) is 13.2 Å². The van der Waals surface area contributed by atoms with Crippen molar-refractivity contribution in [3.05, 3.63) is 59.6 Å². The van der Waals surface area contributed by atoms with Crippen LogP contribution in [0.3, 0.4) is 0 Å². The Hall–Kier alpha value is -0.710. The third-order valence-corrected chi connectivity index (χ3v) is 4.19. The average molecular weight is 347 g/mol. The summed E-state index contributed by atoms with van der Waals surface area (Å²) in [4.78, 5) is 0. The molecule has 0 fully saturated rings. The van der Waals surface area contributed by atoms with Crippen molar-refractivity contribution in [1.82, 2.24) is 0 Å². The molecular weight excluding hydrogens is 331 g/mol. The number of rotatable bonds is 9. The van der Waals surface area contributed by atoms with Gasteiger partial charge in [-0.05, 0) is 11.6 Å². The largest absolute Gasteiger partial charge is 0.475 e. The molecule has 0 aromatic heterocycles. The average Bonchev–Trinajstić information content (AvgIpc) is 2.42. The molecule has 0 aliphatic heterocycles. The lowest BCUT2D eigenvalue weighted by Crippen LogP contribution is -2.01. The summed E-state index contributed by atoms with van der Waals surface area (Å²) in [6, 6.07) is 7.48. The van der Waals surface area contributed by atoms with Crippen LogP contribution in [0.4, 0.5) is 0 Å². The van der Waals surface area contributed by atoms with Crippen LogP contribution in [-0.4, -0.2) is 13.2 Å². The Balaban J connectivity index is 2.67. The summed E-state index contributed by atoms with van der Waals surface area (Å²) in [5.41, 5.74) is 0.854. The molecule has 104 valence electrons. The van der Waals surface area contributed by atoms with Crippen LogP contribution in [0.15, 0.2) is 54.0 Å². The fourth-order valence-electron chi connectivity index (χ4n) is 1.16. The van der Waals surface area contributed by atoms with Crippen LogP contribution in [0.5, 0.6) is 0 Å². The molecule has 0 bridgehead atoms. The Labute approximate surface area is 121 Å². The smallest absolute Gasteiger partial charge is 0.283 e. The lowest BCUT2D eigenvalue weighted by molar-refractivity contribution is 0.125. The summed E-state index contributed by atoms with van der Waals surface area (Å²) in [5, 5.41) is 0. The van der Waals surface area contributed by atoms with Gasteiger partial charge in [0.15, 0.2) is 0 Å². The van der Waals surface area contributed by atoms with Crippen molar-refractivity contribution in [1.29, 1.82) is 0 Å². The van der Waals surface area contributed by atoms with Crippen LogP contribution in [0, 0.1) is 0 Å². The second kappa shape index (κ2) is 8.46. The number of benzene rings is 1. The monoisotopic (exact) mass is 346 g/mol. The van der Waals surface area contributed by atoms with Crippen molar-refractivity contribution < 1.29 is 18.1 Å². The highest BCUT2D eigenvalue weighted by molar-refractivity contribution is 9.10. The van der Waals surface area contributed by atoms with E-state index in [0.717, 1.165) is 10.0 Å². The van der Waals surface area contributed by atoms with Gasteiger partial charge in [0.2, 0.25) is 0 Å². The van der Waals surface area contributed by atoms with Gasteiger partial charge in [-0.1, -0.05) is 46.3 Å². The summed E-state index contributed by atoms with van der Waals surface area (Å²) in [7, 11) is -3.60. The molecule has 0 heterocycles. The van der Waals surface area contributed by atoms with Gasteiger partial charge in [0.1, 0.15) is 0 Å². The molecule has 0 saturated heterocycles. The Morgan fingerprint density at radius 2 is 1.68 bits per heavy atom. The molecule has 0 N–H and O–H groups in total. The first-order valence-corrected chi connectivity index (χ1v) is 7.85. The molecule has 0 aliphatic rings. The first kappa shape index (κ1) is 16.3. The minimum absolute atomic E-state index is 0.0877. The zero-order valence-electron chi connectivity index (χ0n) is 10.5. The van der Waals surface area contributed by atoms with Crippen LogP contribution in [0.2, 0.25) is 0 Å².